The molecule has 3 heterocycles. The summed E-state index contributed by atoms with van der Waals surface area (Å²) in [6.07, 6.45) is 3.40. The van der Waals surface area contributed by atoms with Crippen LogP contribution in [-0.4, -0.2) is 31.0 Å². The van der Waals surface area contributed by atoms with Crippen molar-refractivity contribution in [2.45, 2.75) is 59.0 Å². The van der Waals surface area contributed by atoms with Crippen LogP contribution in [0.5, 0.6) is 0 Å². The number of nitriles is 1. The Labute approximate surface area is 135 Å². The highest BCUT2D eigenvalue weighted by Crippen LogP contribution is 2.23. The van der Waals surface area contributed by atoms with Gasteiger partial charge in [-0.15, -0.1) is 5.10 Å². The third-order valence-corrected chi connectivity index (χ3v) is 4.26. The van der Waals surface area contributed by atoms with Crippen molar-refractivity contribution in [2.24, 2.45) is 0 Å². The van der Waals surface area contributed by atoms with Gasteiger partial charge in [-0.2, -0.15) is 15.5 Å². The molecule has 1 aliphatic rings. The highest BCUT2D eigenvalue weighted by atomic mass is 15.4. The Morgan fingerprint density at radius 2 is 2.13 bits per heavy atom. The average molecular weight is 311 g/mol. The third kappa shape index (κ3) is 2.89. The van der Waals surface area contributed by atoms with E-state index in [1.54, 1.807) is 0 Å². The number of nitrogens with one attached hydrogen (secondary N) is 1. The Bertz CT molecular complexity index is 757. The summed E-state index contributed by atoms with van der Waals surface area (Å²) in [5.41, 5.74) is 2.54. The number of aryl methyl sites for hydroxylation is 3. The van der Waals surface area contributed by atoms with Crippen molar-refractivity contribution in [3.8, 4) is 6.07 Å². The molecule has 0 aromatic carbocycles. The Morgan fingerprint density at radius 3 is 2.83 bits per heavy atom. The lowest BCUT2D eigenvalue weighted by molar-refractivity contribution is 0.439. The number of fused-ring (bicyclic) bond motifs is 1. The van der Waals surface area contributed by atoms with Crippen LogP contribution >= 0.6 is 0 Å². The van der Waals surface area contributed by atoms with E-state index in [0.717, 1.165) is 55.1 Å². The number of aromatic nitrogens is 5. The molecule has 0 radical (unpaired) electrons. The van der Waals surface area contributed by atoms with E-state index >= 15 is 0 Å². The molecule has 1 N–H and O–H groups in total. The molecule has 0 amide bonds. The van der Waals surface area contributed by atoms with Gasteiger partial charge in [0.05, 0.1) is 12.2 Å². The second-order valence-electron chi connectivity index (χ2n) is 5.81. The van der Waals surface area contributed by atoms with Gasteiger partial charge in [-0.25, -0.2) is 9.67 Å². The molecule has 1 aliphatic heterocycles. The SMILES string of the molecule is CCc1nnc(NC2CCc3nc(C)nn3C2)c(C#N)c1CC. The lowest BCUT2D eigenvalue weighted by atomic mass is 10.0. The highest BCUT2D eigenvalue weighted by Gasteiger charge is 2.23. The van der Waals surface area contributed by atoms with Gasteiger partial charge >= 0.3 is 0 Å². The summed E-state index contributed by atoms with van der Waals surface area (Å²) in [5, 5.41) is 25.9. The molecule has 7 nitrogen and oxygen atoms in total. The normalized spacial score (nSPS) is 16.7. The summed E-state index contributed by atoms with van der Waals surface area (Å²) in [6.45, 7) is 6.72. The van der Waals surface area contributed by atoms with Crippen LogP contribution in [0.1, 0.15) is 48.7 Å². The molecule has 0 fully saturated rings. The summed E-state index contributed by atoms with van der Waals surface area (Å²) in [5.74, 6) is 2.42. The van der Waals surface area contributed by atoms with Crippen LogP contribution < -0.4 is 5.32 Å². The maximum atomic E-state index is 9.56. The average Bonchev–Trinajstić information content (AvgIpc) is 2.93. The second-order valence-corrected chi connectivity index (χ2v) is 5.81. The minimum Gasteiger partial charge on any atom is -0.363 e. The first kappa shape index (κ1) is 15.4. The Kier molecular flexibility index (Phi) is 4.24. The molecule has 0 aliphatic carbocycles. The zero-order valence-electron chi connectivity index (χ0n) is 13.8. The fourth-order valence-corrected chi connectivity index (χ4v) is 3.14. The van der Waals surface area contributed by atoms with Crippen molar-refractivity contribution in [3.63, 3.8) is 0 Å². The van der Waals surface area contributed by atoms with E-state index in [-0.39, 0.29) is 6.04 Å². The molecule has 0 spiro atoms. The van der Waals surface area contributed by atoms with Crippen molar-refractivity contribution in [2.75, 3.05) is 5.32 Å². The van der Waals surface area contributed by atoms with Gasteiger partial charge < -0.3 is 5.32 Å². The first-order chi connectivity index (χ1) is 11.2. The Morgan fingerprint density at radius 1 is 1.30 bits per heavy atom. The topological polar surface area (TPSA) is 92.3 Å². The molecule has 2 aromatic heterocycles. The minimum absolute atomic E-state index is 0.183. The van der Waals surface area contributed by atoms with Crippen molar-refractivity contribution >= 4 is 5.82 Å². The molecule has 1 atom stereocenters. The van der Waals surface area contributed by atoms with Crippen LogP contribution in [0.2, 0.25) is 0 Å². The molecule has 120 valence electrons. The van der Waals surface area contributed by atoms with Gasteiger partial charge in [-0.1, -0.05) is 13.8 Å². The molecule has 23 heavy (non-hydrogen) atoms. The maximum Gasteiger partial charge on any atom is 0.167 e. The summed E-state index contributed by atoms with van der Waals surface area (Å²) in [6, 6.07) is 2.49. The molecule has 0 bridgehead atoms. The van der Waals surface area contributed by atoms with Crippen LogP contribution in [-0.2, 0) is 25.8 Å². The van der Waals surface area contributed by atoms with Gasteiger partial charge in [0.2, 0.25) is 0 Å². The lowest BCUT2D eigenvalue weighted by Crippen LogP contribution is -2.32. The van der Waals surface area contributed by atoms with Gasteiger partial charge in [0.1, 0.15) is 23.3 Å². The molecule has 0 saturated carbocycles. The van der Waals surface area contributed by atoms with Crippen molar-refractivity contribution in [3.05, 3.63) is 28.5 Å². The van der Waals surface area contributed by atoms with E-state index in [1.165, 1.54) is 0 Å². The molecule has 1 unspecified atom stereocenters. The summed E-state index contributed by atoms with van der Waals surface area (Å²) < 4.78 is 1.94. The molecular weight excluding hydrogens is 290 g/mol. The van der Waals surface area contributed by atoms with E-state index in [4.69, 9.17) is 0 Å². The van der Waals surface area contributed by atoms with E-state index in [0.29, 0.717) is 11.4 Å². The number of hydrogen-bond acceptors (Lipinski definition) is 6. The van der Waals surface area contributed by atoms with Crippen molar-refractivity contribution in [1.82, 2.24) is 25.0 Å². The smallest absolute Gasteiger partial charge is 0.167 e. The highest BCUT2D eigenvalue weighted by molar-refractivity contribution is 5.57. The lowest BCUT2D eigenvalue weighted by Gasteiger charge is -2.24. The van der Waals surface area contributed by atoms with Crippen LogP contribution in [0.3, 0.4) is 0 Å². The maximum absolute atomic E-state index is 9.56. The van der Waals surface area contributed by atoms with Crippen molar-refractivity contribution < 1.29 is 0 Å². The monoisotopic (exact) mass is 311 g/mol. The second kappa shape index (κ2) is 6.32. The van der Waals surface area contributed by atoms with Crippen LogP contribution in [0, 0.1) is 18.3 Å². The molecule has 7 heteroatoms. The summed E-state index contributed by atoms with van der Waals surface area (Å²) in [7, 11) is 0. The predicted octanol–water partition coefficient (Wildman–Crippen LogP) is 1.80. The summed E-state index contributed by atoms with van der Waals surface area (Å²) >= 11 is 0. The molecule has 3 rings (SSSR count). The largest absolute Gasteiger partial charge is 0.363 e. The number of rotatable bonds is 4. The van der Waals surface area contributed by atoms with Gasteiger partial charge in [0, 0.05) is 12.5 Å². The molecule has 0 saturated heterocycles. The van der Waals surface area contributed by atoms with Crippen molar-refractivity contribution in [1.29, 1.82) is 5.26 Å². The number of hydrogen-bond donors (Lipinski definition) is 1. The standard InChI is InChI=1S/C16H21N7/c1-4-12-13(8-17)16(21-20-14(12)5-2)19-11-6-7-15-18-10(3)22-23(15)9-11/h11H,4-7,9H2,1-3H3,(H,19,21). The summed E-state index contributed by atoms with van der Waals surface area (Å²) in [4.78, 5) is 4.42. The molecule has 2 aromatic rings. The molecular formula is C16H21N7. The van der Waals surface area contributed by atoms with Crippen LogP contribution in [0.15, 0.2) is 0 Å². The number of nitrogens with zero attached hydrogens (tertiary/aromatic N) is 6. The zero-order valence-corrected chi connectivity index (χ0v) is 13.8. The Hall–Kier alpha value is -2.49. The quantitative estimate of drug-likeness (QED) is 0.925. The van der Waals surface area contributed by atoms with Gasteiger partial charge in [-0.05, 0) is 31.7 Å². The fraction of sp³-hybridized carbons (Fsp3) is 0.562. The van der Waals surface area contributed by atoms with Gasteiger partial charge in [0.15, 0.2) is 5.82 Å². The minimum atomic E-state index is 0.183. The zero-order chi connectivity index (χ0) is 16.4. The van der Waals surface area contributed by atoms with E-state index < -0.39 is 0 Å². The fourth-order valence-electron chi connectivity index (χ4n) is 3.14. The van der Waals surface area contributed by atoms with E-state index in [2.05, 4.69) is 31.7 Å². The first-order valence-corrected chi connectivity index (χ1v) is 8.11. The van der Waals surface area contributed by atoms with Crippen LogP contribution in [0.25, 0.3) is 0 Å². The van der Waals surface area contributed by atoms with E-state index in [9.17, 15) is 5.26 Å². The van der Waals surface area contributed by atoms with E-state index in [1.807, 2.05) is 25.5 Å². The predicted molar refractivity (Wildman–Crippen MR) is 86.0 cm³/mol. The van der Waals surface area contributed by atoms with Gasteiger partial charge in [-0.3, -0.25) is 0 Å². The number of anilines is 1. The first-order valence-electron chi connectivity index (χ1n) is 8.11. The Balaban J connectivity index is 1.85. The third-order valence-electron chi connectivity index (χ3n) is 4.26. The van der Waals surface area contributed by atoms with Gasteiger partial charge in [0.25, 0.3) is 0 Å². The van der Waals surface area contributed by atoms with Crippen LogP contribution in [0.4, 0.5) is 5.82 Å².